The molecular weight excluding hydrogens is 456 g/mol. The molecule has 0 spiro atoms. The van der Waals surface area contributed by atoms with Crippen LogP contribution in [0.5, 0.6) is 0 Å². The lowest BCUT2D eigenvalue weighted by Gasteiger charge is -2.48. The second kappa shape index (κ2) is 11.0. The SMILES string of the molecule is C[C@@H]1O[C@@H](O[C@H]2C(O)O[C@H](CO)[C@H](O)[C@@H]2O[C@@H]2OC(CO)[C@@H](O)[C@H](O)[C@H]2O)[C@H](O)[C@H](O)[C@H]1O. The normalized spacial score (nSPS) is 53.7. The molecule has 3 aliphatic rings. The molecule has 0 aromatic heterocycles. The van der Waals surface area contributed by atoms with E-state index in [1.165, 1.54) is 6.92 Å². The van der Waals surface area contributed by atoms with Gasteiger partial charge in [0.2, 0.25) is 0 Å². The highest BCUT2D eigenvalue weighted by Gasteiger charge is 2.53. The average molecular weight is 488 g/mol. The number of hydrogen-bond acceptors (Lipinski definition) is 15. The van der Waals surface area contributed by atoms with Crippen LogP contribution in [0.15, 0.2) is 0 Å². The van der Waals surface area contributed by atoms with Crippen molar-refractivity contribution in [2.24, 2.45) is 0 Å². The average Bonchev–Trinajstić information content (AvgIpc) is 2.79. The molecule has 0 bridgehead atoms. The van der Waals surface area contributed by atoms with Crippen LogP contribution in [0.4, 0.5) is 0 Å². The van der Waals surface area contributed by atoms with Crippen molar-refractivity contribution in [3.63, 3.8) is 0 Å². The topological polar surface area (TPSA) is 248 Å². The van der Waals surface area contributed by atoms with E-state index in [1.54, 1.807) is 0 Å². The third-order valence-corrected chi connectivity index (χ3v) is 6.06. The second-order valence-electron chi connectivity index (χ2n) is 8.32. The van der Waals surface area contributed by atoms with Crippen molar-refractivity contribution in [2.75, 3.05) is 13.2 Å². The van der Waals surface area contributed by atoms with Gasteiger partial charge < -0.3 is 74.7 Å². The van der Waals surface area contributed by atoms with Crippen molar-refractivity contribution in [2.45, 2.75) is 99.0 Å². The summed E-state index contributed by atoms with van der Waals surface area (Å²) >= 11 is 0. The fourth-order valence-electron chi connectivity index (χ4n) is 3.97. The quantitative estimate of drug-likeness (QED) is 0.167. The third kappa shape index (κ3) is 5.32. The van der Waals surface area contributed by atoms with E-state index in [0.29, 0.717) is 0 Å². The smallest absolute Gasteiger partial charge is 0.187 e. The Balaban J connectivity index is 1.82. The Bertz CT molecular complexity index is 624. The fourth-order valence-corrected chi connectivity index (χ4v) is 3.97. The maximum atomic E-state index is 10.6. The van der Waals surface area contributed by atoms with Crippen LogP contribution < -0.4 is 0 Å². The van der Waals surface area contributed by atoms with E-state index < -0.39 is 105 Å². The lowest BCUT2D eigenvalue weighted by atomic mass is 9.96. The number of rotatable bonds is 6. The molecule has 3 fully saturated rings. The molecule has 0 aromatic carbocycles. The van der Waals surface area contributed by atoms with E-state index in [9.17, 15) is 51.1 Å². The summed E-state index contributed by atoms with van der Waals surface area (Å²) in [4.78, 5) is 0. The lowest BCUT2D eigenvalue weighted by molar-refractivity contribution is -0.386. The maximum absolute atomic E-state index is 10.6. The number of hydrogen-bond donors (Lipinski definition) is 10. The van der Waals surface area contributed by atoms with Gasteiger partial charge in [-0.1, -0.05) is 0 Å². The Morgan fingerprint density at radius 3 is 1.61 bits per heavy atom. The van der Waals surface area contributed by atoms with Crippen LogP contribution in [0.2, 0.25) is 0 Å². The van der Waals surface area contributed by atoms with Gasteiger partial charge in [-0.25, -0.2) is 0 Å². The highest BCUT2D eigenvalue weighted by molar-refractivity contribution is 4.96. The summed E-state index contributed by atoms with van der Waals surface area (Å²) < 4.78 is 26.7. The molecule has 15 heteroatoms. The Morgan fingerprint density at radius 2 is 1.03 bits per heavy atom. The molecule has 3 saturated heterocycles. The van der Waals surface area contributed by atoms with E-state index in [1.807, 2.05) is 0 Å². The van der Waals surface area contributed by atoms with Gasteiger partial charge in [-0.15, -0.1) is 0 Å². The van der Waals surface area contributed by atoms with Gasteiger partial charge in [-0.3, -0.25) is 0 Å². The molecule has 33 heavy (non-hydrogen) atoms. The van der Waals surface area contributed by atoms with Gasteiger partial charge in [0, 0.05) is 0 Å². The zero-order chi connectivity index (χ0) is 24.6. The molecule has 0 radical (unpaired) electrons. The molecule has 0 aromatic rings. The van der Waals surface area contributed by atoms with E-state index in [4.69, 9.17) is 23.7 Å². The molecule has 0 aliphatic carbocycles. The van der Waals surface area contributed by atoms with Gasteiger partial charge in [0.25, 0.3) is 0 Å². The second-order valence-corrected chi connectivity index (χ2v) is 8.32. The molecule has 0 saturated carbocycles. The van der Waals surface area contributed by atoms with Crippen molar-refractivity contribution in [1.29, 1.82) is 0 Å². The van der Waals surface area contributed by atoms with Gasteiger partial charge in [-0.05, 0) is 6.92 Å². The van der Waals surface area contributed by atoms with Gasteiger partial charge in [0.1, 0.15) is 67.1 Å². The highest BCUT2D eigenvalue weighted by Crippen LogP contribution is 2.32. The molecule has 194 valence electrons. The zero-order valence-corrected chi connectivity index (χ0v) is 17.6. The summed E-state index contributed by atoms with van der Waals surface area (Å²) in [5.41, 5.74) is 0. The molecular formula is C18H32O15. The zero-order valence-electron chi connectivity index (χ0n) is 17.6. The van der Waals surface area contributed by atoms with Gasteiger partial charge in [0.15, 0.2) is 18.9 Å². The van der Waals surface area contributed by atoms with Crippen molar-refractivity contribution in [1.82, 2.24) is 0 Å². The van der Waals surface area contributed by atoms with Crippen LogP contribution in [0.1, 0.15) is 6.92 Å². The molecule has 10 N–H and O–H groups in total. The Kier molecular flexibility index (Phi) is 8.99. The third-order valence-electron chi connectivity index (χ3n) is 6.06. The van der Waals surface area contributed by atoms with Gasteiger partial charge in [-0.2, -0.15) is 0 Å². The molecule has 15 atom stereocenters. The van der Waals surface area contributed by atoms with Crippen LogP contribution in [-0.4, -0.2) is 156 Å². The van der Waals surface area contributed by atoms with E-state index >= 15 is 0 Å². The molecule has 15 nitrogen and oxygen atoms in total. The predicted molar refractivity (Wildman–Crippen MR) is 99.8 cm³/mol. The summed E-state index contributed by atoms with van der Waals surface area (Å²) in [5.74, 6) is 0. The van der Waals surface area contributed by atoms with Crippen molar-refractivity contribution in [3.8, 4) is 0 Å². The van der Waals surface area contributed by atoms with Crippen molar-refractivity contribution >= 4 is 0 Å². The maximum Gasteiger partial charge on any atom is 0.187 e. The molecule has 3 rings (SSSR count). The lowest BCUT2D eigenvalue weighted by Crippen LogP contribution is -2.66. The Morgan fingerprint density at radius 1 is 0.545 bits per heavy atom. The Hall–Kier alpha value is -0.600. The highest BCUT2D eigenvalue weighted by atomic mass is 16.8. The first-order valence-corrected chi connectivity index (χ1v) is 10.4. The molecule has 2 unspecified atom stereocenters. The van der Waals surface area contributed by atoms with Crippen LogP contribution in [0.25, 0.3) is 0 Å². The standard InChI is InChI=1S/C18H32O15/c1-4-7(21)10(24)12(26)17(29-4)33-15-14(9(23)6(3-20)30-16(15)28)32-18-13(27)11(25)8(22)5(2-19)31-18/h4-28H,2-3H2,1H3/t4-,5?,6+,7-,8+,9-,10+,11-,12+,13+,14-,15+,16?,17-,18-/m0/s1. The van der Waals surface area contributed by atoms with Gasteiger partial charge in [0.05, 0.1) is 19.3 Å². The van der Waals surface area contributed by atoms with Crippen LogP contribution >= 0.6 is 0 Å². The van der Waals surface area contributed by atoms with Crippen LogP contribution in [0, 0.1) is 0 Å². The number of aliphatic hydroxyl groups excluding tert-OH is 10. The van der Waals surface area contributed by atoms with Crippen molar-refractivity contribution < 1.29 is 74.7 Å². The van der Waals surface area contributed by atoms with E-state index in [0.717, 1.165) is 0 Å². The number of aliphatic hydroxyl groups is 10. The van der Waals surface area contributed by atoms with E-state index in [-0.39, 0.29) is 0 Å². The van der Waals surface area contributed by atoms with Gasteiger partial charge >= 0.3 is 0 Å². The minimum absolute atomic E-state index is 0.747. The summed E-state index contributed by atoms with van der Waals surface area (Å²) in [7, 11) is 0. The Labute approximate surface area is 187 Å². The predicted octanol–water partition coefficient (Wildman–Crippen LogP) is -6.55. The first kappa shape index (κ1) is 27.0. The summed E-state index contributed by atoms with van der Waals surface area (Å²) in [6, 6.07) is 0. The fraction of sp³-hybridized carbons (Fsp3) is 1.00. The van der Waals surface area contributed by atoms with E-state index in [2.05, 4.69) is 0 Å². The van der Waals surface area contributed by atoms with Crippen molar-refractivity contribution in [3.05, 3.63) is 0 Å². The number of ether oxygens (including phenoxy) is 5. The minimum Gasteiger partial charge on any atom is -0.394 e. The monoisotopic (exact) mass is 488 g/mol. The summed E-state index contributed by atoms with van der Waals surface area (Å²) in [5, 5.41) is 100.0. The molecule has 3 aliphatic heterocycles. The van der Waals surface area contributed by atoms with Crippen LogP contribution in [-0.2, 0) is 23.7 Å². The molecule has 0 amide bonds. The molecule has 3 heterocycles. The van der Waals surface area contributed by atoms with Crippen LogP contribution in [0.3, 0.4) is 0 Å². The minimum atomic E-state index is -1.88. The first-order valence-electron chi connectivity index (χ1n) is 10.4. The largest absolute Gasteiger partial charge is 0.394 e. The summed E-state index contributed by atoms with van der Waals surface area (Å²) in [6.07, 6.45) is -24.1. The summed E-state index contributed by atoms with van der Waals surface area (Å²) in [6.45, 7) is -0.115. The first-order chi connectivity index (χ1) is 15.5.